The molecule has 0 aliphatic carbocycles. The molecule has 2 aromatic heterocycles. The first-order valence-corrected chi connectivity index (χ1v) is 6.91. The summed E-state index contributed by atoms with van der Waals surface area (Å²) in [5.41, 5.74) is 2.36. The van der Waals surface area contributed by atoms with Crippen LogP contribution < -0.4 is 5.48 Å². The molecule has 0 saturated carbocycles. The largest absolute Gasteiger partial charge is 0.394 e. The molecule has 0 amide bonds. The van der Waals surface area contributed by atoms with Crippen molar-refractivity contribution in [2.45, 2.75) is 24.5 Å². The smallest absolute Gasteiger partial charge is 0.164 e. The van der Waals surface area contributed by atoms with E-state index >= 15 is 0 Å². The molecule has 3 heterocycles. The molecule has 0 bridgehead atoms. The van der Waals surface area contributed by atoms with Crippen molar-refractivity contribution in [3.8, 4) is 0 Å². The van der Waals surface area contributed by atoms with E-state index in [-0.39, 0.29) is 5.82 Å². The lowest BCUT2D eigenvalue weighted by atomic mass is 10.1. The third-order valence-corrected chi connectivity index (χ3v) is 4.06. The van der Waals surface area contributed by atoms with Gasteiger partial charge in [0.25, 0.3) is 0 Å². The summed E-state index contributed by atoms with van der Waals surface area (Å²) in [6, 6.07) is 0. The van der Waals surface area contributed by atoms with Gasteiger partial charge in [-0.05, 0) is 15.9 Å². The molecule has 3 rings (SSSR count). The van der Waals surface area contributed by atoms with Gasteiger partial charge in [-0.25, -0.2) is 9.97 Å². The van der Waals surface area contributed by atoms with E-state index in [0.717, 1.165) is 0 Å². The zero-order valence-corrected chi connectivity index (χ0v) is 12.2. The first kappa shape index (κ1) is 14.6. The lowest BCUT2D eigenvalue weighted by molar-refractivity contribution is -0.0509. The second-order valence-electron chi connectivity index (χ2n) is 4.65. The average molecular weight is 361 g/mol. The van der Waals surface area contributed by atoms with Crippen LogP contribution in [0.1, 0.15) is 6.23 Å². The number of aromatic nitrogens is 3. The number of hydrogen-bond donors (Lipinski definition) is 5. The molecule has 1 fully saturated rings. The highest BCUT2D eigenvalue weighted by atomic mass is 79.9. The van der Waals surface area contributed by atoms with E-state index in [0.29, 0.717) is 15.5 Å². The van der Waals surface area contributed by atoms with E-state index in [1.54, 1.807) is 6.20 Å². The number of halogens is 1. The van der Waals surface area contributed by atoms with Gasteiger partial charge in [0.2, 0.25) is 0 Å². The third-order valence-electron chi connectivity index (χ3n) is 3.46. The number of aliphatic hydroxyl groups is 3. The number of nitrogens with one attached hydrogen (secondary N) is 1. The van der Waals surface area contributed by atoms with E-state index in [1.807, 2.05) is 5.48 Å². The molecule has 0 radical (unpaired) electrons. The molecular formula is C11H13BrN4O5. The highest BCUT2D eigenvalue weighted by Crippen LogP contribution is 2.36. The second kappa shape index (κ2) is 5.48. The van der Waals surface area contributed by atoms with Crippen molar-refractivity contribution in [2.75, 3.05) is 12.1 Å². The molecule has 9 nitrogen and oxygen atoms in total. The molecule has 0 spiro atoms. The molecule has 21 heavy (non-hydrogen) atoms. The summed E-state index contributed by atoms with van der Waals surface area (Å²) in [6.07, 6.45) is -1.37. The summed E-state index contributed by atoms with van der Waals surface area (Å²) in [5.74, 6) is 0.192. The monoisotopic (exact) mass is 360 g/mol. The molecule has 10 heteroatoms. The van der Waals surface area contributed by atoms with Crippen molar-refractivity contribution in [1.82, 2.24) is 14.5 Å². The number of ether oxygens (including phenoxy) is 1. The number of nitrogens with zero attached hydrogens (tertiary/aromatic N) is 3. The minimum absolute atomic E-state index is 0.192. The summed E-state index contributed by atoms with van der Waals surface area (Å²) in [5, 5.41) is 38.6. The van der Waals surface area contributed by atoms with E-state index in [2.05, 4.69) is 25.9 Å². The van der Waals surface area contributed by atoms with E-state index < -0.39 is 31.1 Å². The Morgan fingerprint density at radius 1 is 1.33 bits per heavy atom. The van der Waals surface area contributed by atoms with Gasteiger partial charge in [-0.2, -0.15) is 0 Å². The predicted octanol–water partition coefficient (Wildman–Crippen LogP) is -0.394. The Balaban J connectivity index is 2.10. The quantitative estimate of drug-likeness (QED) is 0.467. The van der Waals surface area contributed by atoms with Gasteiger partial charge in [-0.3, -0.25) is 10.7 Å². The lowest BCUT2D eigenvalue weighted by Crippen LogP contribution is -2.33. The molecule has 1 aliphatic heterocycles. The Kier molecular flexibility index (Phi) is 3.82. The van der Waals surface area contributed by atoms with Crippen molar-refractivity contribution in [3.05, 3.63) is 17.0 Å². The first-order valence-electron chi connectivity index (χ1n) is 6.12. The summed E-state index contributed by atoms with van der Waals surface area (Å²) in [6.45, 7) is -0.409. The van der Waals surface area contributed by atoms with Crippen molar-refractivity contribution < 1.29 is 25.3 Å². The van der Waals surface area contributed by atoms with E-state index in [9.17, 15) is 10.2 Å². The number of aliphatic hydroxyl groups excluding tert-OH is 3. The van der Waals surface area contributed by atoms with Crippen LogP contribution in [0.4, 0.5) is 5.82 Å². The average Bonchev–Trinajstić information content (AvgIpc) is 2.98. The predicted molar refractivity (Wildman–Crippen MR) is 73.6 cm³/mol. The van der Waals surface area contributed by atoms with E-state index in [1.165, 1.54) is 10.9 Å². The van der Waals surface area contributed by atoms with Crippen LogP contribution in [0.5, 0.6) is 0 Å². The summed E-state index contributed by atoms with van der Waals surface area (Å²) < 4.78 is 7.55. The fourth-order valence-electron chi connectivity index (χ4n) is 2.43. The molecule has 0 aromatic carbocycles. The van der Waals surface area contributed by atoms with Crippen LogP contribution in [0.2, 0.25) is 0 Å². The number of anilines is 1. The van der Waals surface area contributed by atoms with Crippen LogP contribution in [-0.4, -0.2) is 60.0 Å². The highest BCUT2D eigenvalue weighted by Gasteiger charge is 2.44. The summed E-state index contributed by atoms with van der Waals surface area (Å²) in [4.78, 5) is 7.98. The first-order chi connectivity index (χ1) is 10.1. The minimum Gasteiger partial charge on any atom is -0.394 e. The number of fused-ring (bicyclic) bond motifs is 1. The fourth-order valence-corrected chi connectivity index (χ4v) is 3.01. The lowest BCUT2D eigenvalue weighted by Gasteiger charge is -2.17. The topological polar surface area (TPSA) is 133 Å². The molecule has 114 valence electrons. The Labute approximate surface area is 126 Å². The van der Waals surface area contributed by atoms with Gasteiger partial charge in [0, 0.05) is 10.7 Å². The van der Waals surface area contributed by atoms with Crippen molar-refractivity contribution in [3.63, 3.8) is 0 Å². The van der Waals surface area contributed by atoms with Crippen molar-refractivity contribution in [2.24, 2.45) is 0 Å². The molecule has 1 saturated heterocycles. The van der Waals surface area contributed by atoms with Crippen LogP contribution in [0.25, 0.3) is 11.0 Å². The van der Waals surface area contributed by atoms with Gasteiger partial charge in [-0.15, -0.1) is 0 Å². The van der Waals surface area contributed by atoms with Crippen LogP contribution in [0.15, 0.2) is 17.0 Å². The Morgan fingerprint density at radius 2 is 2.10 bits per heavy atom. The van der Waals surface area contributed by atoms with Gasteiger partial charge >= 0.3 is 0 Å². The van der Waals surface area contributed by atoms with Crippen LogP contribution in [0.3, 0.4) is 0 Å². The molecule has 1 aliphatic rings. The van der Waals surface area contributed by atoms with Gasteiger partial charge in [-0.1, -0.05) is 0 Å². The highest BCUT2D eigenvalue weighted by molar-refractivity contribution is 9.10. The Morgan fingerprint density at radius 3 is 2.71 bits per heavy atom. The number of hydrogen-bond acceptors (Lipinski definition) is 8. The van der Waals surface area contributed by atoms with Crippen LogP contribution in [-0.2, 0) is 4.74 Å². The summed E-state index contributed by atoms with van der Waals surface area (Å²) >= 11 is 3.32. The summed E-state index contributed by atoms with van der Waals surface area (Å²) in [7, 11) is 0. The maximum Gasteiger partial charge on any atom is 0.164 e. The van der Waals surface area contributed by atoms with Gasteiger partial charge in [0.05, 0.1) is 12.0 Å². The van der Waals surface area contributed by atoms with Crippen molar-refractivity contribution >= 4 is 32.8 Å². The van der Waals surface area contributed by atoms with Gasteiger partial charge in [0.15, 0.2) is 12.0 Å². The van der Waals surface area contributed by atoms with Gasteiger partial charge in [0.1, 0.15) is 30.3 Å². The molecular weight excluding hydrogens is 348 g/mol. The second-order valence-corrected chi connectivity index (χ2v) is 5.50. The SMILES string of the molecule is OCC1OC(n2cc(Br)c3c(NO)ncnc32)C(O)C1O. The van der Waals surface area contributed by atoms with E-state index in [4.69, 9.17) is 15.1 Å². The molecule has 4 atom stereocenters. The maximum atomic E-state index is 10.1. The minimum atomic E-state index is -1.22. The Hall–Kier alpha value is -1.30. The normalized spacial score (nSPS) is 29.2. The van der Waals surface area contributed by atoms with Gasteiger partial charge < -0.3 is 24.6 Å². The fraction of sp³-hybridized carbons (Fsp3) is 0.455. The zero-order valence-electron chi connectivity index (χ0n) is 10.6. The number of rotatable bonds is 3. The van der Waals surface area contributed by atoms with Crippen molar-refractivity contribution in [1.29, 1.82) is 0 Å². The molecule has 2 aromatic rings. The van der Waals surface area contributed by atoms with Crippen LogP contribution in [0, 0.1) is 0 Å². The third kappa shape index (κ3) is 2.20. The maximum absolute atomic E-state index is 10.1. The molecule has 5 N–H and O–H groups in total. The van der Waals surface area contributed by atoms with Crippen LogP contribution >= 0.6 is 15.9 Å². The Bertz CT molecular complexity index is 665. The molecule has 4 unspecified atom stereocenters. The standard InChI is InChI=1S/C11H13BrN4O5/c12-4-1-16(10-6(4)9(15-20)13-3-14-10)11-8(19)7(18)5(2-17)21-11/h1,3,5,7-8,11,17-20H,2H2,(H,13,14,15). The zero-order chi connectivity index (χ0) is 15.1.